The molecule has 1 unspecified atom stereocenters. The van der Waals surface area contributed by atoms with Gasteiger partial charge in [0.15, 0.2) is 0 Å². The first-order valence-corrected chi connectivity index (χ1v) is 3.80. The fourth-order valence-corrected chi connectivity index (χ4v) is 1.26. The van der Waals surface area contributed by atoms with Crippen molar-refractivity contribution < 1.29 is 9.90 Å². The maximum absolute atomic E-state index is 10.2. The molecule has 3 N–H and O–H groups in total. The van der Waals surface area contributed by atoms with Crippen molar-refractivity contribution in [2.24, 2.45) is 0 Å². The first kappa shape index (κ1) is 8.49. The number of hydrogen-bond acceptors (Lipinski definition) is 3. The first-order valence-electron chi connectivity index (χ1n) is 3.80. The summed E-state index contributed by atoms with van der Waals surface area (Å²) in [6.07, 6.45) is 1.00. The minimum atomic E-state index is -0.793. The minimum Gasteiger partial charge on any atom is -0.480 e. The van der Waals surface area contributed by atoms with Crippen LogP contribution in [0.5, 0.6) is 0 Å². The standard InChI is InChI=1S/C7H14N2O2/c1-7(2-3-8-5-7)9-4-6(10)11/h8-9H,2-5H2,1H3,(H,10,11). The van der Waals surface area contributed by atoms with Crippen LogP contribution in [0.3, 0.4) is 0 Å². The van der Waals surface area contributed by atoms with Gasteiger partial charge in [0.05, 0.1) is 6.54 Å². The minimum absolute atomic E-state index is 0.0155. The van der Waals surface area contributed by atoms with Crippen molar-refractivity contribution in [2.45, 2.75) is 18.9 Å². The first-order chi connectivity index (χ1) is 5.12. The normalized spacial score (nSPS) is 30.6. The van der Waals surface area contributed by atoms with Crippen LogP contribution in [-0.4, -0.2) is 36.2 Å². The lowest BCUT2D eigenvalue weighted by atomic mass is 10.0. The van der Waals surface area contributed by atoms with Gasteiger partial charge in [-0.25, -0.2) is 0 Å². The van der Waals surface area contributed by atoms with Gasteiger partial charge >= 0.3 is 5.97 Å². The smallest absolute Gasteiger partial charge is 0.317 e. The van der Waals surface area contributed by atoms with Crippen LogP contribution in [0, 0.1) is 0 Å². The Morgan fingerprint density at radius 2 is 2.55 bits per heavy atom. The van der Waals surface area contributed by atoms with Crippen molar-refractivity contribution in [3.05, 3.63) is 0 Å². The Hall–Kier alpha value is -0.610. The zero-order valence-electron chi connectivity index (χ0n) is 6.68. The molecule has 0 aromatic rings. The van der Waals surface area contributed by atoms with E-state index in [1.807, 2.05) is 6.92 Å². The van der Waals surface area contributed by atoms with Crippen LogP contribution in [-0.2, 0) is 4.79 Å². The predicted molar refractivity (Wildman–Crippen MR) is 41.5 cm³/mol. The van der Waals surface area contributed by atoms with Crippen molar-refractivity contribution in [3.63, 3.8) is 0 Å². The molecule has 4 heteroatoms. The van der Waals surface area contributed by atoms with Crippen molar-refractivity contribution >= 4 is 5.97 Å². The van der Waals surface area contributed by atoms with Gasteiger partial charge in [-0.15, -0.1) is 0 Å². The van der Waals surface area contributed by atoms with Gasteiger partial charge in [0.1, 0.15) is 0 Å². The van der Waals surface area contributed by atoms with E-state index in [4.69, 9.17) is 5.11 Å². The average molecular weight is 158 g/mol. The van der Waals surface area contributed by atoms with Crippen LogP contribution >= 0.6 is 0 Å². The van der Waals surface area contributed by atoms with Gasteiger partial charge in [-0.1, -0.05) is 0 Å². The molecule has 1 atom stereocenters. The van der Waals surface area contributed by atoms with Crippen LogP contribution in [0.25, 0.3) is 0 Å². The molecule has 1 fully saturated rings. The Bertz CT molecular complexity index is 153. The maximum atomic E-state index is 10.2. The highest BCUT2D eigenvalue weighted by molar-refractivity contribution is 5.69. The zero-order chi connectivity index (χ0) is 8.32. The molecular weight excluding hydrogens is 144 g/mol. The highest BCUT2D eigenvalue weighted by Gasteiger charge is 2.27. The molecule has 0 aromatic carbocycles. The highest BCUT2D eigenvalue weighted by atomic mass is 16.4. The summed E-state index contributed by atoms with van der Waals surface area (Å²) in [5.74, 6) is -0.793. The third-order valence-electron chi connectivity index (χ3n) is 2.04. The predicted octanol–water partition coefficient (Wildman–Crippen LogP) is -0.587. The lowest BCUT2D eigenvalue weighted by molar-refractivity contribution is -0.136. The van der Waals surface area contributed by atoms with Crippen LogP contribution in [0.4, 0.5) is 0 Å². The van der Waals surface area contributed by atoms with E-state index in [1.54, 1.807) is 0 Å². The Morgan fingerprint density at radius 3 is 3.00 bits per heavy atom. The Kier molecular flexibility index (Phi) is 2.46. The summed E-state index contributed by atoms with van der Waals surface area (Å²) in [6, 6.07) is 0. The topological polar surface area (TPSA) is 61.4 Å². The third kappa shape index (κ3) is 2.48. The molecule has 11 heavy (non-hydrogen) atoms. The van der Waals surface area contributed by atoms with E-state index in [2.05, 4.69) is 10.6 Å². The second-order valence-electron chi connectivity index (χ2n) is 3.23. The van der Waals surface area contributed by atoms with E-state index in [9.17, 15) is 4.79 Å². The molecule has 4 nitrogen and oxygen atoms in total. The van der Waals surface area contributed by atoms with Crippen LogP contribution in [0.15, 0.2) is 0 Å². The molecule has 0 aromatic heterocycles. The van der Waals surface area contributed by atoms with E-state index in [0.29, 0.717) is 0 Å². The number of nitrogens with one attached hydrogen (secondary N) is 2. The number of carbonyl (C=O) groups is 1. The molecule has 1 aliphatic rings. The molecule has 64 valence electrons. The van der Waals surface area contributed by atoms with E-state index in [-0.39, 0.29) is 12.1 Å². The molecule has 0 spiro atoms. The van der Waals surface area contributed by atoms with Crippen LogP contribution in [0.1, 0.15) is 13.3 Å². The Balaban J connectivity index is 2.28. The summed E-state index contributed by atoms with van der Waals surface area (Å²) >= 11 is 0. The lowest BCUT2D eigenvalue weighted by Crippen LogP contribution is -2.46. The van der Waals surface area contributed by atoms with E-state index >= 15 is 0 Å². The molecule has 0 aliphatic carbocycles. The second kappa shape index (κ2) is 3.19. The van der Waals surface area contributed by atoms with Crippen molar-refractivity contribution in [3.8, 4) is 0 Å². The van der Waals surface area contributed by atoms with Gasteiger partial charge in [0.25, 0.3) is 0 Å². The number of aliphatic carboxylic acids is 1. The summed E-state index contributed by atoms with van der Waals surface area (Å²) in [4.78, 5) is 10.2. The van der Waals surface area contributed by atoms with E-state index in [1.165, 1.54) is 0 Å². The van der Waals surface area contributed by atoms with Crippen molar-refractivity contribution in [2.75, 3.05) is 19.6 Å². The largest absolute Gasteiger partial charge is 0.480 e. The van der Waals surface area contributed by atoms with Gasteiger partial charge in [-0.3, -0.25) is 4.79 Å². The Morgan fingerprint density at radius 1 is 1.82 bits per heavy atom. The molecule has 1 saturated heterocycles. The summed E-state index contributed by atoms with van der Waals surface area (Å²) < 4.78 is 0. The van der Waals surface area contributed by atoms with Gasteiger partial charge in [0.2, 0.25) is 0 Å². The van der Waals surface area contributed by atoms with Gasteiger partial charge < -0.3 is 15.7 Å². The molecular formula is C7H14N2O2. The summed E-state index contributed by atoms with van der Waals surface area (Å²) in [5, 5.41) is 14.6. The van der Waals surface area contributed by atoms with Gasteiger partial charge in [-0.2, -0.15) is 0 Å². The van der Waals surface area contributed by atoms with Crippen molar-refractivity contribution in [1.82, 2.24) is 10.6 Å². The number of carboxylic acids is 1. The van der Waals surface area contributed by atoms with Crippen LogP contribution in [0.2, 0.25) is 0 Å². The zero-order valence-corrected chi connectivity index (χ0v) is 6.68. The quantitative estimate of drug-likeness (QED) is 0.514. The van der Waals surface area contributed by atoms with E-state index in [0.717, 1.165) is 19.5 Å². The van der Waals surface area contributed by atoms with Crippen LogP contribution < -0.4 is 10.6 Å². The summed E-state index contributed by atoms with van der Waals surface area (Å²) in [6.45, 7) is 3.93. The second-order valence-corrected chi connectivity index (χ2v) is 3.23. The molecule has 0 saturated carbocycles. The fourth-order valence-electron chi connectivity index (χ4n) is 1.26. The molecule has 1 rings (SSSR count). The molecule has 1 aliphatic heterocycles. The number of carboxylic acid groups (broad SMARTS) is 1. The van der Waals surface area contributed by atoms with Gasteiger partial charge in [-0.05, 0) is 19.9 Å². The summed E-state index contributed by atoms with van der Waals surface area (Å²) in [5.41, 5.74) is -0.0155. The number of hydrogen-bond donors (Lipinski definition) is 3. The monoisotopic (exact) mass is 158 g/mol. The SMILES string of the molecule is CC1(NCC(=O)O)CCNC1. The summed E-state index contributed by atoms with van der Waals surface area (Å²) in [7, 11) is 0. The maximum Gasteiger partial charge on any atom is 0.317 e. The number of rotatable bonds is 3. The third-order valence-corrected chi connectivity index (χ3v) is 2.04. The lowest BCUT2D eigenvalue weighted by Gasteiger charge is -2.22. The Labute approximate surface area is 66.0 Å². The molecule has 0 amide bonds. The molecule has 1 heterocycles. The van der Waals surface area contributed by atoms with Gasteiger partial charge in [0, 0.05) is 12.1 Å². The molecule has 0 bridgehead atoms. The van der Waals surface area contributed by atoms with E-state index < -0.39 is 5.97 Å². The van der Waals surface area contributed by atoms with Crippen molar-refractivity contribution in [1.29, 1.82) is 0 Å². The molecule has 0 radical (unpaired) electrons. The average Bonchev–Trinajstić information content (AvgIpc) is 2.33. The highest BCUT2D eigenvalue weighted by Crippen LogP contribution is 2.11. The fraction of sp³-hybridized carbons (Fsp3) is 0.857.